The number of nitrogens with zero attached hydrogens (tertiary/aromatic N) is 2. The maximum atomic E-state index is 13.9. The number of anilines is 1. The number of carbonyl (C=O) groups is 2. The molecule has 1 fully saturated rings. The number of halogens is 2. The zero-order chi connectivity index (χ0) is 22.5. The third-order valence-electron chi connectivity index (χ3n) is 5.48. The molecule has 0 atom stereocenters. The van der Waals surface area contributed by atoms with Gasteiger partial charge in [0.2, 0.25) is 0 Å². The van der Waals surface area contributed by atoms with Crippen molar-refractivity contribution < 1.29 is 19.8 Å². The van der Waals surface area contributed by atoms with E-state index in [1.807, 2.05) is 18.2 Å². The Balaban J connectivity index is 0.00000306. The van der Waals surface area contributed by atoms with Crippen LogP contribution in [0.2, 0.25) is 0 Å². The number of amides is 2. The SMILES string of the molecule is O=C(NC1CCN(Cc2ccccc2)CC1)c1[nH]ncc1NC(=O)c1c(F)cccc1F.[HH]. The van der Waals surface area contributed by atoms with Gasteiger partial charge >= 0.3 is 0 Å². The van der Waals surface area contributed by atoms with Gasteiger partial charge in [0.05, 0.1) is 11.9 Å². The Hall–Kier alpha value is -3.59. The zero-order valence-corrected chi connectivity index (χ0v) is 17.3. The van der Waals surface area contributed by atoms with Crippen LogP contribution >= 0.6 is 0 Å². The molecule has 0 unspecified atom stereocenters. The van der Waals surface area contributed by atoms with Crippen molar-refractivity contribution in [1.29, 1.82) is 0 Å². The summed E-state index contributed by atoms with van der Waals surface area (Å²) in [6.07, 6.45) is 2.80. The zero-order valence-electron chi connectivity index (χ0n) is 17.3. The van der Waals surface area contributed by atoms with Crippen LogP contribution in [-0.4, -0.2) is 46.0 Å². The van der Waals surface area contributed by atoms with Crippen molar-refractivity contribution in [2.24, 2.45) is 0 Å². The summed E-state index contributed by atoms with van der Waals surface area (Å²) < 4.78 is 27.7. The lowest BCUT2D eigenvalue weighted by molar-refractivity contribution is 0.0904. The van der Waals surface area contributed by atoms with Crippen molar-refractivity contribution in [3.05, 3.63) is 83.2 Å². The first-order valence-electron chi connectivity index (χ1n) is 10.4. The first-order chi connectivity index (χ1) is 15.5. The first kappa shape index (κ1) is 21.6. The van der Waals surface area contributed by atoms with E-state index in [4.69, 9.17) is 0 Å². The molecule has 0 bridgehead atoms. The minimum atomic E-state index is -0.995. The van der Waals surface area contributed by atoms with Gasteiger partial charge in [0.1, 0.15) is 22.9 Å². The van der Waals surface area contributed by atoms with Gasteiger partial charge in [0.15, 0.2) is 0 Å². The van der Waals surface area contributed by atoms with E-state index >= 15 is 0 Å². The lowest BCUT2D eigenvalue weighted by Crippen LogP contribution is -2.44. The molecule has 0 radical (unpaired) electrons. The predicted molar refractivity (Wildman–Crippen MR) is 117 cm³/mol. The van der Waals surface area contributed by atoms with E-state index in [9.17, 15) is 18.4 Å². The van der Waals surface area contributed by atoms with Crippen LogP contribution in [-0.2, 0) is 6.54 Å². The molecular weight excluding hydrogens is 416 g/mol. The Bertz CT molecular complexity index is 1080. The van der Waals surface area contributed by atoms with Crippen molar-refractivity contribution in [3.8, 4) is 0 Å². The second-order valence-corrected chi connectivity index (χ2v) is 7.72. The van der Waals surface area contributed by atoms with E-state index in [-0.39, 0.29) is 18.8 Å². The summed E-state index contributed by atoms with van der Waals surface area (Å²) in [6.45, 7) is 2.56. The number of hydrogen-bond donors (Lipinski definition) is 3. The normalized spacial score (nSPS) is 14.8. The highest BCUT2D eigenvalue weighted by Gasteiger charge is 2.25. The molecule has 168 valence electrons. The van der Waals surface area contributed by atoms with Gasteiger partial charge in [-0.3, -0.25) is 19.6 Å². The van der Waals surface area contributed by atoms with Gasteiger partial charge in [-0.25, -0.2) is 8.78 Å². The Morgan fingerprint density at radius 2 is 1.72 bits per heavy atom. The van der Waals surface area contributed by atoms with Gasteiger partial charge in [-0.1, -0.05) is 36.4 Å². The number of aromatic nitrogens is 2. The van der Waals surface area contributed by atoms with Gasteiger partial charge < -0.3 is 10.6 Å². The second kappa shape index (κ2) is 9.69. The molecule has 32 heavy (non-hydrogen) atoms. The molecule has 0 aliphatic carbocycles. The summed E-state index contributed by atoms with van der Waals surface area (Å²) in [6, 6.07) is 13.3. The van der Waals surface area contributed by atoms with Crippen LogP contribution in [0.1, 0.15) is 40.7 Å². The molecule has 1 saturated heterocycles. The molecule has 9 heteroatoms. The minimum absolute atomic E-state index is 0. The summed E-state index contributed by atoms with van der Waals surface area (Å²) in [5, 5.41) is 11.6. The number of H-pyrrole nitrogens is 1. The molecule has 2 aromatic carbocycles. The number of aromatic amines is 1. The quantitative estimate of drug-likeness (QED) is 0.546. The Kier molecular flexibility index (Phi) is 6.55. The average Bonchev–Trinajstić information content (AvgIpc) is 3.24. The van der Waals surface area contributed by atoms with Crippen molar-refractivity contribution in [2.45, 2.75) is 25.4 Å². The number of nitrogens with one attached hydrogen (secondary N) is 3. The van der Waals surface area contributed by atoms with Crippen LogP contribution in [0, 0.1) is 11.6 Å². The molecule has 7 nitrogen and oxygen atoms in total. The first-order valence-corrected chi connectivity index (χ1v) is 10.4. The molecule has 2 heterocycles. The second-order valence-electron chi connectivity index (χ2n) is 7.72. The minimum Gasteiger partial charge on any atom is -0.348 e. The van der Waals surface area contributed by atoms with Crippen LogP contribution in [0.3, 0.4) is 0 Å². The fourth-order valence-corrected chi connectivity index (χ4v) is 3.79. The molecule has 0 saturated carbocycles. The molecule has 3 N–H and O–H groups in total. The highest BCUT2D eigenvalue weighted by Crippen LogP contribution is 2.19. The van der Waals surface area contributed by atoms with Gasteiger partial charge in [-0.05, 0) is 30.5 Å². The Morgan fingerprint density at radius 3 is 2.41 bits per heavy atom. The van der Waals surface area contributed by atoms with Crippen LogP contribution < -0.4 is 10.6 Å². The summed E-state index contributed by atoms with van der Waals surface area (Å²) >= 11 is 0. The highest BCUT2D eigenvalue weighted by atomic mass is 19.1. The number of rotatable bonds is 6. The summed E-state index contributed by atoms with van der Waals surface area (Å²) in [5.41, 5.74) is 0.614. The molecular formula is C23H25F2N5O2. The van der Waals surface area contributed by atoms with Gasteiger partial charge in [-0.2, -0.15) is 5.10 Å². The standard InChI is InChI=1S/C23H23F2N5O2.H2/c24-17-7-4-8-18(25)20(17)22(31)28-19-13-26-29-21(19)23(32)27-16-9-11-30(12-10-16)14-15-5-2-1-3-6-15;/h1-8,13,16H,9-12,14H2,(H,26,29)(H,27,32)(H,28,31);1H. The fourth-order valence-electron chi connectivity index (χ4n) is 3.79. The van der Waals surface area contributed by atoms with Gasteiger partial charge in [0.25, 0.3) is 11.8 Å². The number of carbonyl (C=O) groups excluding carboxylic acids is 2. The van der Waals surface area contributed by atoms with Crippen LogP contribution in [0.4, 0.5) is 14.5 Å². The molecule has 4 rings (SSSR count). The third-order valence-corrected chi connectivity index (χ3v) is 5.48. The molecule has 2 amide bonds. The molecule has 1 aliphatic rings. The third kappa shape index (κ3) is 5.00. The molecule has 3 aromatic rings. The van der Waals surface area contributed by atoms with Crippen molar-refractivity contribution >= 4 is 17.5 Å². The lowest BCUT2D eigenvalue weighted by Gasteiger charge is -2.32. The summed E-state index contributed by atoms with van der Waals surface area (Å²) in [5.74, 6) is -3.41. The highest BCUT2D eigenvalue weighted by molar-refractivity contribution is 6.08. The van der Waals surface area contributed by atoms with Crippen molar-refractivity contribution in [2.75, 3.05) is 18.4 Å². The molecule has 0 spiro atoms. The fraction of sp³-hybridized carbons (Fsp3) is 0.261. The number of benzene rings is 2. The number of hydrogen-bond acceptors (Lipinski definition) is 4. The maximum Gasteiger partial charge on any atom is 0.271 e. The monoisotopic (exact) mass is 441 g/mol. The topological polar surface area (TPSA) is 90.1 Å². The van der Waals surface area contributed by atoms with E-state index in [1.165, 1.54) is 17.8 Å². The lowest BCUT2D eigenvalue weighted by atomic mass is 10.0. The van der Waals surface area contributed by atoms with E-state index < -0.39 is 29.0 Å². The van der Waals surface area contributed by atoms with Crippen molar-refractivity contribution in [1.82, 2.24) is 20.4 Å². The van der Waals surface area contributed by atoms with E-state index in [2.05, 4.69) is 37.9 Å². The Labute approximate surface area is 185 Å². The molecule has 1 aliphatic heterocycles. The predicted octanol–water partition coefficient (Wildman–Crippen LogP) is 3.58. The van der Waals surface area contributed by atoms with E-state index in [1.54, 1.807) is 0 Å². The average molecular weight is 441 g/mol. The van der Waals surface area contributed by atoms with Gasteiger partial charge in [-0.15, -0.1) is 0 Å². The van der Waals surface area contributed by atoms with E-state index in [0.29, 0.717) is 0 Å². The smallest absolute Gasteiger partial charge is 0.271 e. The van der Waals surface area contributed by atoms with E-state index in [0.717, 1.165) is 44.6 Å². The summed E-state index contributed by atoms with van der Waals surface area (Å²) in [4.78, 5) is 27.4. The Morgan fingerprint density at radius 1 is 1.03 bits per heavy atom. The van der Waals surface area contributed by atoms with Crippen LogP contribution in [0.25, 0.3) is 0 Å². The van der Waals surface area contributed by atoms with Crippen molar-refractivity contribution in [3.63, 3.8) is 0 Å². The van der Waals surface area contributed by atoms with Gasteiger partial charge in [0, 0.05) is 27.1 Å². The van der Waals surface area contributed by atoms with Crippen LogP contribution in [0.15, 0.2) is 54.7 Å². The number of likely N-dealkylation sites (tertiary alicyclic amines) is 1. The number of piperidine rings is 1. The summed E-state index contributed by atoms with van der Waals surface area (Å²) in [7, 11) is 0. The maximum absolute atomic E-state index is 13.9. The molecule has 1 aromatic heterocycles. The largest absolute Gasteiger partial charge is 0.348 e. The van der Waals surface area contributed by atoms with Crippen LogP contribution in [0.5, 0.6) is 0 Å².